The second-order valence-electron chi connectivity index (χ2n) is 3.24. The van der Waals surface area contributed by atoms with Crippen LogP contribution in [0.2, 0.25) is 10.0 Å². The van der Waals surface area contributed by atoms with Crippen LogP contribution in [-0.4, -0.2) is 12.5 Å². The van der Waals surface area contributed by atoms with Crippen LogP contribution >= 0.6 is 34.8 Å². The molecule has 5 heteroatoms. The molecule has 1 aromatic rings. The second kappa shape index (κ2) is 6.70. The molecule has 1 N–H and O–H groups in total. The molecule has 0 aliphatic heterocycles. The standard InChI is InChI=1S/C12H10Cl3NO/c1-8(13)7-16-12(17)5-3-9-2-4-10(14)11(15)6-9/h2-6H,1,7H2,(H,16,17)/b5-3+. The van der Waals surface area contributed by atoms with Gasteiger partial charge in [0, 0.05) is 11.1 Å². The third-order valence-corrected chi connectivity index (χ3v) is 2.70. The fraction of sp³-hybridized carbons (Fsp3) is 0.0833. The van der Waals surface area contributed by atoms with E-state index in [4.69, 9.17) is 34.8 Å². The Morgan fingerprint density at radius 2 is 2.06 bits per heavy atom. The molecule has 1 amide bonds. The normalized spacial score (nSPS) is 10.5. The van der Waals surface area contributed by atoms with Crippen molar-refractivity contribution in [3.05, 3.63) is 51.5 Å². The summed E-state index contributed by atoms with van der Waals surface area (Å²) in [7, 11) is 0. The maximum absolute atomic E-state index is 11.3. The van der Waals surface area contributed by atoms with E-state index in [-0.39, 0.29) is 12.5 Å². The van der Waals surface area contributed by atoms with Gasteiger partial charge < -0.3 is 5.32 Å². The Morgan fingerprint density at radius 1 is 1.35 bits per heavy atom. The molecule has 0 aliphatic carbocycles. The minimum absolute atomic E-state index is 0.242. The Hall–Kier alpha value is -0.960. The average molecular weight is 291 g/mol. The highest BCUT2D eigenvalue weighted by Crippen LogP contribution is 2.22. The summed E-state index contributed by atoms with van der Waals surface area (Å²) >= 11 is 17.1. The Bertz CT molecular complexity index is 469. The zero-order valence-corrected chi connectivity index (χ0v) is 11.1. The third-order valence-electron chi connectivity index (χ3n) is 1.83. The lowest BCUT2D eigenvalue weighted by atomic mass is 10.2. The summed E-state index contributed by atoms with van der Waals surface area (Å²) in [4.78, 5) is 11.3. The van der Waals surface area contributed by atoms with Crippen LogP contribution in [-0.2, 0) is 4.79 Å². The van der Waals surface area contributed by atoms with Gasteiger partial charge in [-0.15, -0.1) is 0 Å². The summed E-state index contributed by atoms with van der Waals surface area (Å²) in [6.07, 6.45) is 3.02. The number of carbonyl (C=O) groups excluding carboxylic acids is 1. The van der Waals surface area contributed by atoms with Crippen LogP contribution in [0, 0.1) is 0 Å². The molecule has 0 spiro atoms. The molecule has 0 radical (unpaired) electrons. The lowest BCUT2D eigenvalue weighted by molar-refractivity contribution is -0.116. The van der Waals surface area contributed by atoms with Crippen LogP contribution in [0.5, 0.6) is 0 Å². The summed E-state index contributed by atoms with van der Waals surface area (Å²) in [6, 6.07) is 5.11. The monoisotopic (exact) mass is 289 g/mol. The molecule has 0 saturated heterocycles. The first-order valence-corrected chi connectivity index (χ1v) is 5.86. The maximum atomic E-state index is 11.3. The van der Waals surface area contributed by atoms with Gasteiger partial charge in [-0.1, -0.05) is 47.4 Å². The van der Waals surface area contributed by atoms with Gasteiger partial charge in [0.2, 0.25) is 5.91 Å². The van der Waals surface area contributed by atoms with Crippen molar-refractivity contribution in [2.45, 2.75) is 0 Å². The predicted molar refractivity (Wildman–Crippen MR) is 73.5 cm³/mol. The molecule has 1 aromatic carbocycles. The first kappa shape index (κ1) is 14.1. The first-order valence-electron chi connectivity index (χ1n) is 4.73. The van der Waals surface area contributed by atoms with E-state index in [1.165, 1.54) is 6.08 Å². The summed E-state index contributed by atoms with van der Waals surface area (Å²) in [5.41, 5.74) is 0.791. The second-order valence-corrected chi connectivity index (χ2v) is 4.59. The minimum Gasteiger partial charge on any atom is -0.348 e. The van der Waals surface area contributed by atoms with Crippen molar-refractivity contribution < 1.29 is 4.79 Å². The highest BCUT2D eigenvalue weighted by Gasteiger charge is 1.98. The number of benzene rings is 1. The zero-order chi connectivity index (χ0) is 12.8. The van der Waals surface area contributed by atoms with Gasteiger partial charge in [-0.25, -0.2) is 0 Å². The molecule has 0 unspecified atom stereocenters. The number of amides is 1. The molecule has 0 aliphatic rings. The molecule has 0 saturated carbocycles. The van der Waals surface area contributed by atoms with Crippen LogP contribution in [0.25, 0.3) is 6.08 Å². The van der Waals surface area contributed by atoms with Crippen molar-refractivity contribution in [3.8, 4) is 0 Å². The predicted octanol–water partition coefficient (Wildman–Crippen LogP) is 3.88. The molecule has 90 valence electrons. The van der Waals surface area contributed by atoms with E-state index in [0.29, 0.717) is 15.1 Å². The Balaban J connectivity index is 2.61. The number of hydrogen-bond donors (Lipinski definition) is 1. The van der Waals surface area contributed by atoms with E-state index < -0.39 is 0 Å². The fourth-order valence-corrected chi connectivity index (χ4v) is 1.40. The van der Waals surface area contributed by atoms with Crippen molar-refractivity contribution in [1.82, 2.24) is 5.32 Å². The number of halogens is 3. The molecule has 0 fully saturated rings. The van der Waals surface area contributed by atoms with Crippen LogP contribution in [0.4, 0.5) is 0 Å². The SMILES string of the molecule is C=C(Cl)CNC(=O)/C=C/c1ccc(Cl)c(Cl)c1. The van der Waals surface area contributed by atoms with Gasteiger partial charge in [-0.05, 0) is 23.8 Å². The van der Waals surface area contributed by atoms with Gasteiger partial charge in [0.15, 0.2) is 0 Å². The number of rotatable bonds is 4. The quantitative estimate of drug-likeness (QED) is 0.838. The van der Waals surface area contributed by atoms with Gasteiger partial charge in [0.05, 0.1) is 16.6 Å². The van der Waals surface area contributed by atoms with Crippen LogP contribution in [0.3, 0.4) is 0 Å². The van der Waals surface area contributed by atoms with Gasteiger partial charge >= 0.3 is 0 Å². The van der Waals surface area contributed by atoms with Crippen LogP contribution in [0.15, 0.2) is 35.9 Å². The van der Waals surface area contributed by atoms with Gasteiger partial charge in [0.25, 0.3) is 0 Å². The summed E-state index contributed by atoms with van der Waals surface area (Å²) in [5.74, 6) is -0.252. The van der Waals surface area contributed by atoms with E-state index in [0.717, 1.165) is 5.56 Å². The lowest BCUT2D eigenvalue weighted by Crippen LogP contribution is -2.21. The van der Waals surface area contributed by atoms with Crippen LogP contribution in [0.1, 0.15) is 5.56 Å². The molecular formula is C12H10Cl3NO. The van der Waals surface area contributed by atoms with Crippen molar-refractivity contribution in [3.63, 3.8) is 0 Å². The molecule has 0 atom stereocenters. The minimum atomic E-state index is -0.252. The maximum Gasteiger partial charge on any atom is 0.244 e. The van der Waals surface area contributed by atoms with Crippen LogP contribution < -0.4 is 5.32 Å². The molecule has 2 nitrogen and oxygen atoms in total. The van der Waals surface area contributed by atoms with E-state index in [9.17, 15) is 4.79 Å². The molecule has 0 heterocycles. The molecular weight excluding hydrogens is 280 g/mol. The Kier molecular flexibility index (Phi) is 5.56. The average Bonchev–Trinajstić information content (AvgIpc) is 2.28. The van der Waals surface area contributed by atoms with E-state index in [1.807, 2.05) is 0 Å². The van der Waals surface area contributed by atoms with Gasteiger partial charge in [0.1, 0.15) is 0 Å². The molecule has 17 heavy (non-hydrogen) atoms. The van der Waals surface area contributed by atoms with Crippen molar-refractivity contribution in [2.24, 2.45) is 0 Å². The highest BCUT2D eigenvalue weighted by molar-refractivity contribution is 6.42. The fourth-order valence-electron chi connectivity index (χ4n) is 1.03. The van der Waals surface area contributed by atoms with Gasteiger partial charge in [-0.3, -0.25) is 4.79 Å². The van der Waals surface area contributed by atoms with E-state index in [1.54, 1.807) is 24.3 Å². The topological polar surface area (TPSA) is 29.1 Å². The van der Waals surface area contributed by atoms with Crippen molar-refractivity contribution >= 4 is 46.8 Å². The van der Waals surface area contributed by atoms with E-state index >= 15 is 0 Å². The smallest absolute Gasteiger partial charge is 0.244 e. The first-order chi connectivity index (χ1) is 7.99. The molecule has 0 bridgehead atoms. The number of carbonyl (C=O) groups is 1. The molecule has 0 aromatic heterocycles. The Labute approximate surface area is 115 Å². The lowest BCUT2D eigenvalue weighted by Gasteiger charge is -1.99. The summed E-state index contributed by atoms with van der Waals surface area (Å²) in [5, 5.41) is 3.86. The number of hydrogen-bond acceptors (Lipinski definition) is 1. The number of nitrogens with one attached hydrogen (secondary N) is 1. The molecule has 1 rings (SSSR count). The van der Waals surface area contributed by atoms with Gasteiger partial charge in [-0.2, -0.15) is 0 Å². The van der Waals surface area contributed by atoms with E-state index in [2.05, 4.69) is 11.9 Å². The summed E-state index contributed by atoms with van der Waals surface area (Å²) in [6.45, 7) is 3.70. The Morgan fingerprint density at radius 3 is 2.65 bits per heavy atom. The zero-order valence-electron chi connectivity index (χ0n) is 8.84. The summed E-state index contributed by atoms with van der Waals surface area (Å²) < 4.78 is 0. The largest absolute Gasteiger partial charge is 0.348 e. The van der Waals surface area contributed by atoms with Crippen molar-refractivity contribution in [1.29, 1.82) is 0 Å². The van der Waals surface area contributed by atoms with Crippen molar-refractivity contribution in [2.75, 3.05) is 6.54 Å². The third kappa shape index (κ3) is 5.26. The highest BCUT2D eigenvalue weighted by atomic mass is 35.5.